The molecule has 0 aliphatic carbocycles. The predicted molar refractivity (Wildman–Crippen MR) is 44.6 cm³/mol. The van der Waals surface area contributed by atoms with Crippen molar-refractivity contribution in [3.63, 3.8) is 0 Å². The molecule has 0 amide bonds. The van der Waals surface area contributed by atoms with Crippen molar-refractivity contribution in [2.75, 3.05) is 25.4 Å². The van der Waals surface area contributed by atoms with Gasteiger partial charge in [-0.25, -0.2) is 8.42 Å². The first-order valence-electron chi connectivity index (χ1n) is 3.95. The predicted octanol–water partition coefficient (Wildman–Crippen LogP) is 0.184. The second kappa shape index (κ2) is 4.20. The van der Waals surface area contributed by atoms with E-state index < -0.39 is 9.84 Å². The summed E-state index contributed by atoms with van der Waals surface area (Å²) in [4.78, 5) is 0. The topological polar surface area (TPSA) is 52.6 Å². The van der Waals surface area contributed by atoms with Crippen LogP contribution >= 0.6 is 0 Å². The van der Waals surface area contributed by atoms with Gasteiger partial charge in [-0.15, -0.1) is 0 Å². The summed E-state index contributed by atoms with van der Waals surface area (Å²) in [6, 6.07) is 0. The maximum Gasteiger partial charge on any atom is 0.171 e. The van der Waals surface area contributed by atoms with Gasteiger partial charge in [-0.2, -0.15) is 0 Å². The second-order valence-corrected chi connectivity index (χ2v) is 5.14. The van der Waals surface area contributed by atoms with Gasteiger partial charge >= 0.3 is 0 Å². The molecule has 0 aromatic heterocycles. The molecule has 0 unspecified atom stereocenters. The smallest absolute Gasteiger partial charge is 0.171 e. The van der Waals surface area contributed by atoms with Crippen LogP contribution in [0.15, 0.2) is 0 Å². The summed E-state index contributed by atoms with van der Waals surface area (Å²) < 4.78 is 31.5. The highest BCUT2D eigenvalue weighted by molar-refractivity contribution is 7.90. The zero-order chi connectivity index (χ0) is 9.03. The molecule has 0 radical (unpaired) electrons. The largest absolute Gasteiger partial charge is 0.376 e. The van der Waals surface area contributed by atoms with Gasteiger partial charge in [0.1, 0.15) is 5.94 Å². The Kier molecular flexibility index (Phi) is 3.49. The van der Waals surface area contributed by atoms with E-state index in [9.17, 15) is 8.42 Å². The van der Waals surface area contributed by atoms with Crippen LogP contribution < -0.4 is 0 Å². The zero-order valence-electron chi connectivity index (χ0n) is 7.15. The molecule has 0 aromatic rings. The molecule has 1 rings (SSSR count). The monoisotopic (exact) mass is 194 g/mol. The number of sulfone groups is 1. The molecule has 0 aromatic carbocycles. The van der Waals surface area contributed by atoms with Crippen LogP contribution in [0, 0.1) is 0 Å². The van der Waals surface area contributed by atoms with Gasteiger partial charge in [-0.05, 0) is 12.8 Å². The Labute approximate surface area is 72.8 Å². The van der Waals surface area contributed by atoms with Crippen LogP contribution in [0.25, 0.3) is 0 Å². The van der Waals surface area contributed by atoms with Gasteiger partial charge in [-0.3, -0.25) is 0 Å². The van der Waals surface area contributed by atoms with Crippen molar-refractivity contribution >= 4 is 9.84 Å². The lowest BCUT2D eigenvalue weighted by molar-refractivity contribution is 0.0318. The molecule has 1 aliphatic heterocycles. The summed E-state index contributed by atoms with van der Waals surface area (Å²) in [5, 5.41) is 0. The number of rotatable bonds is 4. The molecule has 1 atom stereocenters. The van der Waals surface area contributed by atoms with Crippen molar-refractivity contribution < 1.29 is 17.9 Å². The molecule has 1 aliphatic rings. The van der Waals surface area contributed by atoms with Crippen LogP contribution in [0.1, 0.15) is 12.8 Å². The van der Waals surface area contributed by atoms with Crippen molar-refractivity contribution in [3.05, 3.63) is 0 Å². The van der Waals surface area contributed by atoms with Crippen molar-refractivity contribution in [2.45, 2.75) is 18.9 Å². The first-order valence-corrected chi connectivity index (χ1v) is 6.01. The highest BCUT2D eigenvalue weighted by atomic mass is 32.2. The molecular weight excluding hydrogens is 180 g/mol. The highest BCUT2D eigenvalue weighted by Gasteiger charge is 2.15. The van der Waals surface area contributed by atoms with Gasteiger partial charge in [0.15, 0.2) is 9.84 Å². The van der Waals surface area contributed by atoms with E-state index in [2.05, 4.69) is 0 Å². The number of hydrogen-bond donors (Lipinski definition) is 0. The lowest BCUT2D eigenvalue weighted by atomic mass is 10.2. The molecule has 1 heterocycles. The lowest BCUT2D eigenvalue weighted by Crippen LogP contribution is -2.17. The molecule has 0 bridgehead atoms. The zero-order valence-corrected chi connectivity index (χ0v) is 7.97. The van der Waals surface area contributed by atoms with Gasteiger partial charge < -0.3 is 9.47 Å². The van der Waals surface area contributed by atoms with Gasteiger partial charge in [0.05, 0.1) is 12.7 Å². The Morgan fingerprint density at radius 3 is 2.83 bits per heavy atom. The van der Waals surface area contributed by atoms with Crippen LogP contribution in [-0.2, 0) is 19.3 Å². The fourth-order valence-corrected chi connectivity index (χ4v) is 1.51. The lowest BCUT2D eigenvalue weighted by Gasteiger charge is -2.08. The maximum absolute atomic E-state index is 10.6. The summed E-state index contributed by atoms with van der Waals surface area (Å²) in [7, 11) is -2.99. The van der Waals surface area contributed by atoms with Crippen LogP contribution in [0.2, 0.25) is 0 Å². The molecular formula is C7H14O4S. The summed E-state index contributed by atoms with van der Waals surface area (Å²) in [5.74, 6) is -0.202. The minimum atomic E-state index is -2.99. The Bertz CT molecular complexity index is 216. The average Bonchev–Trinajstić information content (AvgIpc) is 2.36. The molecule has 1 fully saturated rings. The van der Waals surface area contributed by atoms with Crippen LogP contribution in [0.5, 0.6) is 0 Å². The molecule has 72 valence electrons. The van der Waals surface area contributed by atoms with E-state index in [4.69, 9.17) is 9.47 Å². The molecule has 4 nitrogen and oxygen atoms in total. The van der Waals surface area contributed by atoms with Gasteiger partial charge in [-0.1, -0.05) is 0 Å². The van der Waals surface area contributed by atoms with Crippen molar-refractivity contribution in [3.8, 4) is 0 Å². The molecule has 0 spiro atoms. The molecule has 0 N–H and O–H groups in total. The first-order chi connectivity index (χ1) is 5.58. The number of ether oxygens (including phenoxy) is 2. The minimum Gasteiger partial charge on any atom is -0.376 e. The maximum atomic E-state index is 10.6. The Balaban J connectivity index is 2.09. The van der Waals surface area contributed by atoms with Crippen molar-refractivity contribution in [1.29, 1.82) is 0 Å². The van der Waals surface area contributed by atoms with Crippen molar-refractivity contribution in [1.82, 2.24) is 0 Å². The Hall–Kier alpha value is -0.130. The van der Waals surface area contributed by atoms with E-state index >= 15 is 0 Å². The highest BCUT2D eigenvalue weighted by Crippen LogP contribution is 2.11. The van der Waals surface area contributed by atoms with Gasteiger partial charge in [0, 0.05) is 12.9 Å². The van der Waals surface area contributed by atoms with Crippen LogP contribution in [0.3, 0.4) is 0 Å². The fourth-order valence-electron chi connectivity index (χ4n) is 1.11. The summed E-state index contributed by atoms with van der Waals surface area (Å²) in [6.07, 6.45) is 3.28. The van der Waals surface area contributed by atoms with E-state index in [0.29, 0.717) is 6.61 Å². The average molecular weight is 194 g/mol. The second-order valence-electron chi connectivity index (χ2n) is 3.05. The van der Waals surface area contributed by atoms with E-state index in [1.54, 1.807) is 0 Å². The van der Waals surface area contributed by atoms with E-state index in [1.165, 1.54) is 0 Å². The van der Waals surface area contributed by atoms with Crippen LogP contribution in [0.4, 0.5) is 0 Å². The fraction of sp³-hybridized carbons (Fsp3) is 1.00. The molecule has 5 heteroatoms. The Morgan fingerprint density at radius 2 is 2.33 bits per heavy atom. The SMILES string of the molecule is CS(=O)(=O)COC[C@@H]1CCCO1. The quantitative estimate of drug-likeness (QED) is 0.641. The Morgan fingerprint density at radius 1 is 1.58 bits per heavy atom. The third-order valence-electron chi connectivity index (χ3n) is 1.63. The summed E-state index contributed by atoms with van der Waals surface area (Å²) >= 11 is 0. The standard InChI is InChI=1S/C7H14O4S/c1-12(8,9)6-10-5-7-3-2-4-11-7/h7H,2-6H2,1H3/t7-/m0/s1. The normalized spacial score (nSPS) is 24.6. The number of hydrogen-bond acceptors (Lipinski definition) is 4. The third-order valence-corrected chi connectivity index (χ3v) is 2.22. The van der Waals surface area contributed by atoms with Gasteiger partial charge in [0.2, 0.25) is 0 Å². The molecule has 1 saturated heterocycles. The summed E-state index contributed by atoms with van der Waals surface area (Å²) in [5.41, 5.74) is 0. The third kappa shape index (κ3) is 4.04. The van der Waals surface area contributed by atoms with E-state index in [-0.39, 0.29) is 12.0 Å². The van der Waals surface area contributed by atoms with Crippen molar-refractivity contribution in [2.24, 2.45) is 0 Å². The summed E-state index contributed by atoms with van der Waals surface area (Å²) in [6.45, 7) is 1.17. The van der Waals surface area contributed by atoms with E-state index in [1.807, 2.05) is 0 Å². The van der Waals surface area contributed by atoms with E-state index in [0.717, 1.165) is 25.7 Å². The minimum absolute atomic E-state index is 0.103. The molecule has 12 heavy (non-hydrogen) atoms. The first kappa shape index (κ1) is 9.95. The van der Waals surface area contributed by atoms with Gasteiger partial charge in [0.25, 0.3) is 0 Å². The van der Waals surface area contributed by atoms with Crippen LogP contribution in [-0.4, -0.2) is 39.9 Å². The molecule has 0 saturated carbocycles.